The molecule has 0 bridgehead atoms. The molecule has 2 aromatic rings. The van der Waals surface area contributed by atoms with Crippen molar-refractivity contribution >= 4 is 15.1 Å². The van der Waals surface area contributed by atoms with Crippen LogP contribution in [0.5, 0.6) is 0 Å². The standard InChI is InChI=1S/C22H33N3O3Si/c1-21(2,3)19-13-22(28-29(4)5,16-24-12-11-23-17-24)25(14-19)20(26)27-15-18-9-7-6-8-10-18/h6-12,17,19,29H,13-16H2,1-5H3/t19-,22-/m0/s1. The Balaban J connectivity index is 1.86. The first-order valence-electron chi connectivity index (χ1n) is 10.3. The molecule has 7 heteroatoms. The zero-order valence-electron chi connectivity index (χ0n) is 18.2. The van der Waals surface area contributed by atoms with Crippen LogP contribution in [0, 0.1) is 11.3 Å². The summed E-state index contributed by atoms with van der Waals surface area (Å²) in [6.07, 6.45) is 5.94. The Morgan fingerprint density at radius 3 is 2.59 bits per heavy atom. The van der Waals surface area contributed by atoms with E-state index in [9.17, 15) is 4.79 Å². The Labute approximate surface area is 175 Å². The number of carbonyl (C=O) groups excluding carboxylic acids is 1. The predicted molar refractivity (Wildman–Crippen MR) is 116 cm³/mol. The molecule has 0 spiro atoms. The van der Waals surface area contributed by atoms with E-state index < -0.39 is 14.8 Å². The summed E-state index contributed by atoms with van der Waals surface area (Å²) < 4.78 is 14.3. The summed E-state index contributed by atoms with van der Waals surface area (Å²) in [5.41, 5.74) is 0.343. The van der Waals surface area contributed by atoms with E-state index in [-0.39, 0.29) is 18.1 Å². The minimum Gasteiger partial charge on any atom is -0.444 e. The number of hydrogen-bond donors (Lipinski definition) is 0. The number of carbonyl (C=O) groups is 1. The Bertz CT molecular complexity index is 789. The van der Waals surface area contributed by atoms with Gasteiger partial charge in [0, 0.05) is 25.4 Å². The van der Waals surface area contributed by atoms with Crippen molar-refractivity contribution in [2.75, 3.05) is 6.54 Å². The fourth-order valence-electron chi connectivity index (χ4n) is 3.97. The van der Waals surface area contributed by atoms with Gasteiger partial charge in [0.05, 0.1) is 12.9 Å². The zero-order valence-corrected chi connectivity index (χ0v) is 19.3. The van der Waals surface area contributed by atoms with Crippen LogP contribution in [0.15, 0.2) is 49.1 Å². The summed E-state index contributed by atoms with van der Waals surface area (Å²) in [6, 6.07) is 9.78. The van der Waals surface area contributed by atoms with Gasteiger partial charge in [0.25, 0.3) is 0 Å². The molecule has 1 fully saturated rings. The summed E-state index contributed by atoms with van der Waals surface area (Å²) in [6.45, 7) is 12.4. The van der Waals surface area contributed by atoms with Crippen molar-refractivity contribution in [3.8, 4) is 0 Å². The Hall–Kier alpha value is -2.12. The predicted octanol–water partition coefficient (Wildman–Crippen LogP) is 4.28. The van der Waals surface area contributed by atoms with Gasteiger partial charge in [-0.1, -0.05) is 51.1 Å². The second-order valence-corrected chi connectivity index (χ2v) is 11.6. The molecule has 1 amide bonds. The second-order valence-electron chi connectivity index (χ2n) is 9.27. The number of imidazole rings is 1. The van der Waals surface area contributed by atoms with Gasteiger partial charge in [0.1, 0.15) is 6.61 Å². The van der Waals surface area contributed by atoms with Crippen molar-refractivity contribution in [1.29, 1.82) is 0 Å². The molecule has 0 aliphatic carbocycles. The van der Waals surface area contributed by atoms with Crippen molar-refractivity contribution < 1.29 is 14.0 Å². The van der Waals surface area contributed by atoms with Gasteiger partial charge in [-0.25, -0.2) is 9.78 Å². The lowest BCUT2D eigenvalue weighted by Crippen LogP contribution is -2.54. The fourth-order valence-corrected chi connectivity index (χ4v) is 5.14. The molecule has 29 heavy (non-hydrogen) atoms. The summed E-state index contributed by atoms with van der Waals surface area (Å²) in [4.78, 5) is 19.2. The third kappa shape index (κ3) is 5.28. The van der Waals surface area contributed by atoms with Crippen LogP contribution in [0.4, 0.5) is 4.79 Å². The number of ether oxygens (including phenoxy) is 1. The molecule has 2 heterocycles. The quantitative estimate of drug-likeness (QED) is 0.661. The highest BCUT2D eigenvalue weighted by Crippen LogP contribution is 2.44. The highest BCUT2D eigenvalue weighted by atomic mass is 28.3. The summed E-state index contributed by atoms with van der Waals surface area (Å²) in [5, 5.41) is 0. The normalized spacial score (nSPS) is 22.3. The first-order valence-corrected chi connectivity index (χ1v) is 13.1. The van der Waals surface area contributed by atoms with E-state index in [4.69, 9.17) is 9.16 Å². The van der Waals surface area contributed by atoms with E-state index >= 15 is 0 Å². The number of rotatable bonds is 6. The Kier molecular flexibility index (Phi) is 6.48. The summed E-state index contributed by atoms with van der Waals surface area (Å²) in [5.74, 6) is 0.322. The van der Waals surface area contributed by atoms with Gasteiger partial charge in [-0.15, -0.1) is 0 Å². The molecule has 0 unspecified atom stereocenters. The van der Waals surface area contributed by atoms with Gasteiger partial charge in [-0.2, -0.15) is 0 Å². The molecule has 6 nitrogen and oxygen atoms in total. The molecule has 1 saturated heterocycles. The van der Waals surface area contributed by atoms with E-state index in [1.807, 2.05) is 46.0 Å². The molecule has 0 N–H and O–H groups in total. The van der Waals surface area contributed by atoms with Crippen LogP contribution in [0.2, 0.25) is 13.1 Å². The highest BCUT2D eigenvalue weighted by molar-refractivity contribution is 6.48. The maximum absolute atomic E-state index is 13.2. The molecule has 3 rings (SSSR count). The lowest BCUT2D eigenvalue weighted by Gasteiger charge is -2.39. The average Bonchev–Trinajstić information content (AvgIpc) is 3.28. The van der Waals surface area contributed by atoms with Crippen LogP contribution < -0.4 is 0 Å². The minimum atomic E-state index is -1.44. The van der Waals surface area contributed by atoms with E-state index in [1.54, 1.807) is 12.5 Å². The van der Waals surface area contributed by atoms with Gasteiger partial charge in [0.2, 0.25) is 0 Å². The van der Waals surface area contributed by atoms with Crippen LogP contribution in [0.25, 0.3) is 0 Å². The van der Waals surface area contributed by atoms with E-state index in [0.29, 0.717) is 19.0 Å². The van der Waals surface area contributed by atoms with Gasteiger partial charge < -0.3 is 13.7 Å². The first-order chi connectivity index (χ1) is 13.7. The number of aromatic nitrogens is 2. The average molecular weight is 416 g/mol. The van der Waals surface area contributed by atoms with Gasteiger partial charge in [-0.3, -0.25) is 4.90 Å². The number of likely N-dealkylation sites (tertiary alicyclic amines) is 1. The summed E-state index contributed by atoms with van der Waals surface area (Å²) >= 11 is 0. The van der Waals surface area contributed by atoms with Crippen LogP contribution in [0.1, 0.15) is 32.8 Å². The molecule has 158 valence electrons. The number of nitrogens with zero attached hydrogens (tertiary/aromatic N) is 3. The monoisotopic (exact) mass is 415 g/mol. The summed E-state index contributed by atoms with van der Waals surface area (Å²) in [7, 11) is -1.44. The third-order valence-corrected chi connectivity index (χ3v) is 6.46. The molecule has 1 aromatic carbocycles. The Morgan fingerprint density at radius 1 is 1.28 bits per heavy atom. The largest absolute Gasteiger partial charge is 0.444 e. The van der Waals surface area contributed by atoms with E-state index in [0.717, 1.165) is 12.0 Å². The second kappa shape index (κ2) is 8.71. The molecule has 0 saturated carbocycles. The van der Waals surface area contributed by atoms with Crippen molar-refractivity contribution in [1.82, 2.24) is 14.5 Å². The molecule has 1 aromatic heterocycles. The van der Waals surface area contributed by atoms with Crippen molar-refractivity contribution in [2.45, 2.75) is 59.2 Å². The molecule has 2 atom stereocenters. The van der Waals surface area contributed by atoms with Crippen molar-refractivity contribution in [2.24, 2.45) is 11.3 Å². The minimum absolute atomic E-state index is 0.0660. The topological polar surface area (TPSA) is 56.6 Å². The number of amides is 1. The lowest BCUT2D eigenvalue weighted by atomic mass is 9.79. The van der Waals surface area contributed by atoms with E-state index in [2.05, 4.69) is 38.8 Å². The maximum Gasteiger partial charge on any atom is 0.412 e. The zero-order chi connectivity index (χ0) is 21.1. The molecule has 0 radical (unpaired) electrons. The van der Waals surface area contributed by atoms with Gasteiger partial charge in [0.15, 0.2) is 14.8 Å². The third-order valence-electron chi connectivity index (χ3n) is 5.55. The van der Waals surface area contributed by atoms with Gasteiger partial charge in [-0.05, 0) is 30.0 Å². The number of benzene rings is 1. The Morgan fingerprint density at radius 2 is 2.00 bits per heavy atom. The SMILES string of the molecule is C[SiH](C)O[C@]1(Cn2ccnc2)C[C@H](C(C)(C)C)CN1C(=O)OCc1ccccc1. The van der Waals surface area contributed by atoms with Crippen LogP contribution in [-0.2, 0) is 22.3 Å². The van der Waals surface area contributed by atoms with E-state index in [1.165, 1.54) is 0 Å². The lowest BCUT2D eigenvalue weighted by molar-refractivity contribution is -0.0659. The number of hydrogen-bond acceptors (Lipinski definition) is 4. The maximum atomic E-state index is 13.2. The molecular weight excluding hydrogens is 382 g/mol. The van der Waals surface area contributed by atoms with Crippen molar-refractivity contribution in [3.05, 3.63) is 54.6 Å². The van der Waals surface area contributed by atoms with Gasteiger partial charge >= 0.3 is 6.09 Å². The smallest absolute Gasteiger partial charge is 0.412 e. The molecular formula is C22H33N3O3Si. The highest BCUT2D eigenvalue weighted by Gasteiger charge is 2.52. The van der Waals surface area contributed by atoms with Crippen LogP contribution in [-0.4, -0.2) is 41.9 Å². The van der Waals surface area contributed by atoms with Crippen LogP contribution in [0.3, 0.4) is 0 Å². The molecule has 1 aliphatic rings. The van der Waals surface area contributed by atoms with Crippen molar-refractivity contribution in [3.63, 3.8) is 0 Å². The first kappa shape index (κ1) is 21.6. The van der Waals surface area contributed by atoms with Crippen LogP contribution >= 0.6 is 0 Å². The molecule has 1 aliphatic heterocycles. The fraction of sp³-hybridized carbons (Fsp3) is 0.545.